The van der Waals surface area contributed by atoms with Crippen LogP contribution in [0.15, 0.2) is 0 Å². The maximum absolute atomic E-state index is 11.6. The number of carbonyl (C=O) groups excluding carboxylic acids is 3. The van der Waals surface area contributed by atoms with Crippen molar-refractivity contribution in [3.05, 3.63) is 0 Å². The Kier molecular flexibility index (Phi) is 2.90. The zero-order valence-electron chi connectivity index (χ0n) is 9.01. The number of sulfone groups is 1. The number of hydrogen-bond donors (Lipinski definition) is 1. The van der Waals surface area contributed by atoms with Crippen LogP contribution in [-0.4, -0.2) is 48.7 Å². The highest BCUT2D eigenvalue weighted by Crippen LogP contribution is 2.20. The molecule has 2 heterocycles. The summed E-state index contributed by atoms with van der Waals surface area (Å²) >= 11 is 0. The molecule has 2 fully saturated rings. The van der Waals surface area contributed by atoms with Gasteiger partial charge in [-0.3, -0.25) is 19.8 Å². The summed E-state index contributed by atoms with van der Waals surface area (Å²) in [7, 11) is -3.20. The zero-order valence-corrected chi connectivity index (χ0v) is 9.83. The van der Waals surface area contributed by atoms with Crippen LogP contribution in [0, 0.1) is 0 Å². The van der Waals surface area contributed by atoms with Crippen LogP contribution in [0.2, 0.25) is 0 Å². The van der Waals surface area contributed by atoms with E-state index in [1.54, 1.807) is 0 Å². The molecule has 1 unspecified atom stereocenters. The van der Waals surface area contributed by atoms with Crippen LogP contribution in [0.1, 0.15) is 19.3 Å². The van der Waals surface area contributed by atoms with E-state index in [1.807, 2.05) is 5.32 Å². The van der Waals surface area contributed by atoms with Gasteiger partial charge in [0.25, 0.3) is 0 Å². The number of barbiturate groups is 1. The standard InChI is InChI=1S/C9H12N2O5S/c12-7-4-8(13)11(9(14)10-7)6-2-1-3-17(15,16)5-6/h6H,1-5H2,(H,10,12,14). The minimum Gasteiger partial charge on any atom is -0.277 e. The maximum Gasteiger partial charge on any atom is 0.331 e. The lowest BCUT2D eigenvalue weighted by Crippen LogP contribution is -2.58. The minimum atomic E-state index is -3.20. The largest absolute Gasteiger partial charge is 0.331 e. The van der Waals surface area contributed by atoms with Gasteiger partial charge in [0.2, 0.25) is 11.8 Å². The van der Waals surface area contributed by atoms with Gasteiger partial charge in [0.1, 0.15) is 6.42 Å². The first-order valence-electron chi connectivity index (χ1n) is 5.25. The molecule has 17 heavy (non-hydrogen) atoms. The molecular weight excluding hydrogens is 248 g/mol. The van der Waals surface area contributed by atoms with Crippen molar-refractivity contribution >= 4 is 27.7 Å². The van der Waals surface area contributed by atoms with E-state index in [1.165, 1.54) is 0 Å². The van der Waals surface area contributed by atoms with Crippen molar-refractivity contribution in [1.82, 2.24) is 10.2 Å². The van der Waals surface area contributed by atoms with Crippen molar-refractivity contribution in [2.45, 2.75) is 25.3 Å². The van der Waals surface area contributed by atoms with Crippen LogP contribution in [0.25, 0.3) is 0 Å². The molecule has 2 aliphatic heterocycles. The molecule has 1 atom stereocenters. The molecule has 0 spiro atoms. The van der Waals surface area contributed by atoms with Crippen molar-refractivity contribution in [1.29, 1.82) is 0 Å². The summed E-state index contributed by atoms with van der Waals surface area (Å²) in [5.41, 5.74) is 0. The highest BCUT2D eigenvalue weighted by atomic mass is 32.2. The topological polar surface area (TPSA) is 101 Å². The van der Waals surface area contributed by atoms with Gasteiger partial charge in [-0.1, -0.05) is 0 Å². The van der Waals surface area contributed by atoms with Gasteiger partial charge >= 0.3 is 6.03 Å². The quantitative estimate of drug-likeness (QED) is 0.611. The molecule has 2 rings (SSSR count). The van der Waals surface area contributed by atoms with Crippen molar-refractivity contribution in [2.24, 2.45) is 0 Å². The number of amides is 4. The van der Waals surface area contributed by atoms with E-state index in [9.17, 15) is 22.8 Å². The second kappa shape index (κ2) is 4.10. The third-order valence-electron chi connectivity index (χ3n) is 2.85. The molecule has 0 bridgehead atoms. The Morgan fingerprint density at radius 2 is 1.94 bits per heavy atom. The molecule has 7 nitrogen and oxygen atoms in total. The van der Waals surface area contributed by atoms with E-state index in [2.05, 4.69) is 0 Å². The molecule has 0 aromatic rings. The van der Waals surface area contributed by atoms with Crippen LogP contribution in [-0.2, 0) is 19.4 Å². The fraction of sp³-hybridized carbons (Fsp3) is 0.667. The molecule has 2 aliphatic rings. The fourth-order valence-corrected chi connectivity index (χ4v) is 3.81. The number of hydrogen-bond acceptors (Lipinski definition) is 5. The molecule has 0 aromatic heterocycles. The van der Waals surface area contributed by atoms with Crippen molar-refractivity contribution < 1.29 is 22.8 Å². The fourth-order valence-electron chi connectivity index (χ4n) is 2.13. The second-order valence-corrected chi connectivity index (χ2v) is 6.43. The Morgan fingerprint density at radius 3 is 2.53 bits per heavy atom. The lowest BCUT2D eigenvalue weighted by atomic mass is 10.1. The molecule has 0 saturated carbocycles. The second-order valence-electron chi connectivity index (χ2n) is 4.20. The van der Waals surface area contributed by atoms with Gasteiger partial charge in [0.15, 0.2) is 9.84 Å². The lowest BCUT2D eigenvalue weighted by Gasteiger charge is -2.34. The summed E-state index contributed by atoms with van der Waals surface area (Å²) < 4.78 is 22.9. The predicted molar refractivity (Wildman–Crippen MR) is 56.7 cm³/mol. The Balaban J connectivity index is 2.19. The van der Waals surface area contributed by atoms with Crippen LogP contribution in [0.5, 0.6) is 0 Å². The van der Waals surface area contributed by atoms with Gasteiger partial charge < -0.3 is 0 Å². The molecule has 8 heteroatoms. The SMILES string of the molecule is O=C1CC(=O)N(C2CCCS(=O)(=O)C2)C(=O)N1. The van der Waals surface area contributed by atoms with E-state index in [-0.39, 0.29) is 11.5 Å². The number of nitrogens with one attached hydrogen (secondary N) is 1. The number of urea groups is 1. The van der Waals surface area contributed by atoms with Crippen molar-refractivity contribution in [2.75, 3.05) is 11.5 Å². The summed E-state index contributed by atoms with van der Waals surface area (Å²) in [6.45, 7) is 0. The van der Waals surface area contributed by atoms with Gasteiger partial charge in [-0.25, -0.2) is 13.2 Å². The first-order valence-corrected chi connectivity index (χ1v) is 7.07. The number of nitrogens with zero attached hydrogens (tertiary/aromatic N) is 1. The maximum atomic E-state index is 11.6. The molecule has 0 radical (unpaired) electrons. The van der Waals surface area contributed by atoms with Crippen LogP contribution in [0.4, 0.5) is 4.79 Å². The Labute approximate surface area is 98.1 Å². The van der Waals surface area contributed by atoms with Crippen LogP contribution in [0.3, 0.4) is 0 Å². The highest BCUT2D eigenvalue weighted by Gasteiger charge is 2.39. The monoisotopic (exact) mass is 260 g/mol. The normalized spacial score (nSPS) is 29.1. The van der Waals surface area contributed by atoms with Crippen LogP contribution >= 0.6 is 0 Å². The third kappa shape index (κ3) is 2.46. The summed E-state index contributed by atoms with van der Waals surface area (Å²) in [5, 5.41) is 2.02. The number of rotatable bonds is 1. The number of carbonyl (C=O) groups is 3. The lowest BCUT2D eigenvalue weighted by molar-refractivity contribution is -0.137. The molecule has 0 aliphatic carbocycles. The Hall–Kier alpha value is -1.44. The molecule has 0 aromatic carbocycles. The summed E-state index contributed by atoms with van der Waals surface area (Å²) in [5.74, 6) is -1.39. The Morgan fingerprint density at radius 1 is 1.24 bits per heavy atom. The van der Waals surface area contributed by atoms with Gasteiger partial charge in [-0.15, -0.1) is 0 Å². The van der Waals surface area contributed by atoms with Gasteiger partial charge in [-0.2, -0.15) is 0 Å². The van der Waals surface area contributed by atoms with E-state index >= 15 is 0 Å². The van der Waals surface area contributed by atoms with Crippen LogP contribution < -0.4 is 5.32 Å². The zero-order chi connectivity index (χ0) is 12.6. The van der Waals surface area contributed by atoms with E-state index in [4.69, 9.17) is 0 Å². The summed E-state index contributed by atoms with van der Waals surface area (Å²) in [4.78, 5) is 34.9. The summed E-state index contributed by atoms with van der Waals surface area (Å²) in [6.07, 6.45) is 0.493. The summed E-state index contributed by atoms with van der Waals surface area (Å²) in [6, 6.07) is -1.46. The average molecular weight is 260 g/mol. The van der Waals surface area contributed by atoms with Gasteiger partial charge in [0.05, 0.1) is 17.5 Å². The highest BCUT2D eigenvalue weighted by molar-refractivity contribution is 7.91. The van der Waals surface area contributed by atoms with E-state index in [0.29, 0.717) is 12.8 Å². The van der Waals surface area contributed by atoms with Gasteiger partial charge in [0, 0.05) is 0 Å². The molecule has 2 saturated heterocycles. The number of imide groups is 2. The first kappa shape index (κ1) is 12.0. The minimum absolute atomic E-state index is 0.0894. The van der Waals surface area contributed by atoms with Crippen molar-refractivity contribution in [3.63, 3.8) is 0 Å². The smallest absolute Gasteiger partial charge is 0.277 e. The predicted octanol–water partition coefficient (Wildman–Crippen LogP) is -0.968. The van der Waals surface area contributed by atoms with Gasteiger partial charge in [-0.05, 0) is 12.8 Å². The molecule has 4 amide bonds. The average Bonchev–Trinajstić information content (AvgIpc) is 2.13. The first-order chi connectivity index (χ1) is 7.89. The molecular formula is C9H12N2O5S. The van der Waals surface area contributed by atoms with Crippen molar-refractivity contribution in [3.8, 4) is 0 Å². The van der Waals surface area contributed by atoms with E-state index in [0.717, 1.165) is 4.90 Å². The van der Waals surface area contributed by atoms with E-state index < -0.39 is 40.1 Å². The Bertz CT molecular complexity index is 464. The molecule has 94 valence electrons. The third-order valence-corrected chi connectivity index (χ3v) is 4.65. The molecule has 1 N–H and O–H groups in total.